The molecule has 2 heterocycles. The van der Waals surface area contributed by atoms with E-state index in [0.717, 1.165) is 10.9 Å². The number of esters is 1. The Bertz CT molecular complexity index is 723. The average Bonchev–Trinajstić information content (AvgIpc) is 3.14. The van der Waals surface area contributed by atoms with Gasteiger partial charge in [-0.05, 0) is 18.4 Å². The second-order valence-electron chi connectivity index (χ2n) is 4.83. The lowest BCUT2D eigenvalue weighted by Gasteiger charge is -2.12. The summed E-state index contributed by atoms with van der Waals surface area (Å²) in [5.74, 6) is -1.23. The number of amides is 1. The summed E-state index contributed by atoms with van der Waals surface area (Å²) in [5, 5.41) is 15.3. The van der Waals surface area contributed by atoms with Crippen LogP contribution in [0.2, 0.25) is 0 Å². The fraction of sp³-hybridized carbons (Fsp3) is 0.286. The van der Waals surface area contributed by atoms with Crippen LogP contribution in [-0.2, 0) is 16.6 Å². The summed E-state index contributed by atoms with van der Waals surface area (Å²) in [5.41, 5.74) is -0.203. The Morgan fingerprint density at radius 2 is 2.26 bits per heavy atom. The normalized spacial score (nSPS) is 11.7. The Labute approximate surface area is 135 Å². The summed E-state index contributed by atoms with van der Waals surface area (Å²) in [4.78, 5) is 34.7. The summed E-state index contributed by atoms with van der Waals surface area (Å²) >= 11 is 1.51. The third-order valence-corrected chi connectivity index (χ3v) is 4.15. The van der Waals surface area contributed by atoms with Crippen LogP contribution < -0.4 is 5.32 Å². The number of carbonyl (C=O) groups is 2. The highest BCUT2D eigenvalue weighted by molar-refractivity contribution is 7.10. The maximum absolute atomic E-state index is 11.9. The highest BCUT2D eigenvalue weighted by Gasteiger charge is 2.20. The Balaban J connectivity index is 1.89. The van der Waals surface area contributed by atoms with Gasteiger partial charge in [0.2, 0.25) is 0 Å². The second-order valence-corrected chi connectivity index (χ2v) is 5.81. The van der Waals surface area contributed by atoms with Crippen molar-refractivity contribution in [2.75, 3.05) is 6.61 Å². The molecule has 9 heteroatoms. The number of ether oxygens (including phenoxy) is 1. The molecule has 0 fully saturated rings. The molecule has 0 radical (unpaired) electrons. The highest BCUT2D eigenvalue weighted by Crippen LogP contribution is 2.18. The molecule has 0 aliphatic heterocycles. The van der Waals surface area contributed by atoms with Gasteiger partial charge in [-0.3, -0.25) is 14.9 Å². The first-order valence-corrected chi connectivity index (χ1v) is 7.57. The van der Waals surface area contributed by atoms with E-state index in [1.807, 2.05) is 24.4 Å². The number of hydrogen-bond donors (Lipinski definition) is 1. The van der Waals surface area contributed by atoms with Gasteiger partial charge in [0.05, 0.1) is 17.2 Å². The number of rotatable bonds is 6. The molecule has 122 valence electrons. The molecule has 1 unspecified atom stereocenters. The van der Waals surface area contributed by atoms with Gasteiger partial charge in [-0.1, -0.05) is 6.07 Å². The first kappa shape index (κ1) is 16.7. The molecular formula is C14H15N3O5S. The number of carbonyl (C=O) groups excluding carboxylic acids is 2. The minimum Gasteiger partial charge on any atom is -0.451 e. The summed E-state index contributed by atoms with van der Waals surface area (Å²) in [6.45, 7) is 1.37. The van der Waals surface area contributed by atoms with Gasteiger partial charge in [-0.2, -0.15) is 0 Å². The number of nitrogens with zero attached hydrogens (tertiary/aromatic N) is 2. The summed E-state index contributed by atoms with van der Waals surface area (Å²) in [6, 6.07) is 4.70. The zero-order valence-corrected chi connectivity index (χ0v) is 13.3. The van der Waals surface area contributed by atoms with Crippen molar-refractivity contribution >= 4 is 28.9 Å². The predicted molar refractivity (Wildman–Crippen MR) is 83.2 cm³/mol. The van der Waals surface area contributed by atoms with Crippen LogP contribution in [0.1, 0.15) is 28.3 Å². The van der Waals surface area contributed by atoms with Crippen molar-refractivity contribution in [2.24, 2.45) is 7.05 Å². The van der Waals surface area contributed by atoms with E-state index in [0.29, 0.717) is 0 Å². The number of hydrogen-bond acceptors (Lipinski definition) is 6. The average molecular weight is 337 g/mol. The van der Waals surface area contributed by atoms with Crippen LogP contribution >= 0.6 is 11.3 Å². The van der Waals surface area contributed by atoms with E-state index >= 15 is 0 Å². The molecule has 0 aliphatic rings. The lowest BCUT2D eigenvalue weighted by atomic mass is 10.3. The zero-order chi connectivity index (χ0) is 17.0. The molecule has 0 saturated carbocycles. The molecule has 23 heavy (non-hydrogen) atoms. The highest BCUT2D eigenvalue weighted by atomic mass is 32.1. The van der Waals surface area contributed by atoms with Crippen molar-refractivity contribution in [2.45, 2.75) is 13.0 Å². The molecular weight excluding hydrogens is 322 g/mol. The zero-order valence-electron chi connectivity index (χ0n) is 12.5. The van der Waals surface area contributed by atoms with Crippen molar-refractivity contribution in [3.8, 4) is 0 Å². The fourth-order valence-electron chi connectivity index (χ4n) is 1.95. The summed E-state index contributed by atoms with van der Waals surface area (Å²) in [7, 11) is 1.49. The number of nitro groups is 1. The van der Waals surface area contributed by atoms with Crippen molar-refractivity contribution in [1.82, 2.24) is 9.88 Å². The van der Waals surface area contributed by atoms with Crippen molar-refractivity contribution in [1.29, 1.82) is 0 Å². The quantitative estimate of drug-likeness (QED) is 0.493. The van der Waals surface area contributed by atoms with E-state index in [1.165, 1.54) is 29.1 Å². The molecule has 2 rings (SSSR count). The van der Waals surface area contributed by atoms with Gasteiger partial charge in [-0.25, -0.2) is 4.79 Å². The number of aromatic nitrogens is 1. The molecule has 1 atom stereocenters. The summed E-state index contributed by atoms with van der Waals surface area (Å²) in [6.07, 6.45) is 1.20. The third kappa shape index (κ3) is 4.16. The molecule has 1 amide bonds. The molecule has 2 aromatic rings. The fourth-order valence-corrected chi connectivity index (χ4v) is 2.68. The molecule has 1 N–H and O–H groups in total. The Morgan fingerprint density at radius 1 is 1.52 bits per heavy atom. The number of thiophene rings is 1. The lowest BCUT2D eigenvalue weighted by molar-refractivity contribution is -0.384. The van der Waals surface area contributed by atoms with Crippen LogP contribution in [0.15, 0.2) is 29.8 Å². The molecule has 0 bridgehead atoms. The molecule has 0 spiro atoms. The molecule has 0 aromatic carbocycles. The second kappa shape index (κ2) is 7.05. The van der Waals surface area contributed by atoms with Crippen LogP contribution in [0, 0.1) is 10.1 Å². The SMILES string of the molecule is CC(NC(=O)COC(=O)c1cc([N+](=O)[O-])cn1C)c1cccs1. The van der Waals surface area contributed by atoms with Crippen molar-refractivity contribution in [3.05, 3.63) is 50.5 Å². The molecule has 0 aliphatic carbocycles. The van der Waals surface area contributed by atoms with Gasteiger partial charge in [0, 0.05) is 18.0 Å². The Morgan fingerprint density at radius 3 is 2.83 bits per heavy atom. The van der Waals surface area contributed by atoms with Crippen LogP contribution in [0.5, 0.6) is 0 Å². The van der Waals surface area contributed by atoms with Gasteiger partial charge < -0.3 is 14.6 Å². The first-order valence-electron chi connectivity index (χ1n) is 6.69. The van der Waals surface area contributed by atoms with Crippen LogP contribution in [-0.4, -0.2) is 28.0 Å². The van der Waals surface area contributed by atoms with Crippen molar-refractivity contribution in [3.63, 3.8) is 0 Å². The van der Waals surface area contributed by atoms with E-state index < -0.39 is 23.4 Å². The number of nitrogens with one attached hydrogen (secondary N) is 1. The number of aryl methyl sites for hydroxylation is 1. The van der Waals surface area contributed by atoms with Crippen LogP contribution in [0.3, 0.4) is 0 Å². The maximum Gasteiger partial charge on any atom is 0.355 e. The smallest absolute Gasteiger partial charge is 0.355 e. The summed E-state index contributed by atoms with van der Waals surface area (Å²) < 4.78 is 6.18. The minimum absolute atomic E-state index is 0.0100. The molecule has 2 aromatic heterocycles. The van der Waals surface area contributed by atoms with E-state index in [4.69, 9.17) is 4.74 Å². The monoisotopic (exact) mass is 337 g/mol. The van der Waals surface area contributed by atoms with E-state index in [-0.39, 0.29) is 17.4 Å². The third-order valence-electron chi connectivity index (χ3n) is 3.09. The largest absolute Gasteiger partial charge is 0.451 e. The van der Waals surface area contributed by atoms with Crippen LogP contribution in [0.25, 0.3) is 0 Å². The maximum atomic E-state index is 11.9. The molecule has 8 nitrogen and oxygen atoms in total. The van der Waals surface area contributed by atoms with Gasteiger partial charge >= 0.3 is 5.97 Å². The van der Waals surface area contributed by atoms with Crippen molar-refractivity contribution < 1.29 is 19.2 Å². The van der Waals surface area contributed by atoms with Gasteiger partial charge in [0.1, 0.15) is 5.69 Å². The van der Waals surface area contributed by atoms with E-state index in [9.17, 15) is 19.7 Å². The lowest BCUT2D eigenvalue weighted by Crippen LogP contribution is -2.31. The van der Waals surface area contributed by atoms with Crippen LogP contribution in [0.4, 0.5) is 5.69 Å². The predicted octanol–water partition coefficient (Wildman–Crippen LogP) is 2.03. The van der Waals surface area contributed by atoms with E-state index in [2.05, 4.69) is 5.32 Å². The first-order chi connectivity index (χ1) is 10.9. The molecule has 0 saturated heterocycles. The van der Waals surface area contributed by atoms with Gasteiger partial charge in [-0.15, -0.1) is 11.3 Å². The Kier molecular flexibility index (Phi) is 5.12. The minimum atomic E-state index is -0.792. The van der Waals surface area contributed by atoms with Gasteiger partial charge in [0.25, 0.3) is 11.6 Å². The standard InChI is InChI=1S/C14H15N3O5S/c1-9(12-4-3-5-23-12)15-13(18)8-22-14(19)11-6-10(17(20)21)7-16(11)2/h3-7,9H,8H2,1-2H3,(H,15,18). The Hall–Kier alpha value is -2.68. The van der Waals surface area contributed by atoms with Gasteiger partial charge in [0.15, 0.2) is 6.61 Å². The topological polar surface area (TPSA) is 103 Å². The van der Waals surface area contributed by atoms with E-state index in [1.54, 1.807) is 0 Å².